The van der Waals surface area contributed by atoms with Crippen molar-refractivity contribution < 1.29 is 19.5 Å². The van der Waals surface area contributed by atoms with Gasteiger partial charge in [0.05, 0.1) is 12.0 Å². The molecule has 0 aliphatic carbocycles. The second kappa shape index (κ2) is 9.36. The van der Waals surface area contributed by atoms with Crippen LogP contribution in [0, 0.1) is 0 Å². The Morgan fingerprint density at radius 2 is 1.27 bits per heavy atom. The summed E-state index contributed by atoms with van der Waals surface area (Å²) in [6, 6.07) is 16.1. The number of carbonyl (C=O) groups excluding carboxylic acids is 3. The number of aliphatic carboxylic acids is 1. The van der Waals surface area contributed by atoms with Gasteiger partial charge in [0.1, 0.15) is 6.04 Å². The minimum atomic E-state index is -1.37. The first-order chi connectivity index (χ1) is 12.5. The molecule has 0 saturated heterocycles. The van der Waals surface area contributed by atoms with Crippen LogP contribution in [0.25, 0.3) is 0 Å². The molecule has 0 aliphatic heterocycles. The van der Waals surface area contributed by atoms with Gasteiger partial charge in [0.15, 0.2) is 0 Å². The highest BCUT2D eigenvalue weighted by Crippen LogP contribution is 2.06. The molecule has 0 heterocycles. The first-order valence-corrected chi connectivity index (χ1v) is 8.32. The van der Waals surface area contributed by atoms with Crippen LogP contribution in [0.2, 0.25) is 0 Å². The molecule has 2 N–H and O–H groups in total. The molecule has 2 aromatic rings. The third-order valence-corrected chi connectivity index (χ3v) is 3.86. The molecule has 0 radical (unpaired) electrons. The van der Waals surface area contributed by atoms with Gasteiger partial charge in [-0.25, -0.2) is 0 Å². The molecule has 0 unspecified atom stereocenters. The number of amides is 2. The van der Waals surface area contributed by atoms with Crippen molar-refractivity contribution in [3.63, 3.8) is 0 Å². The van der Waals surface area contributed by atoms with Crippen molar-refractivity contribution >= 4 is 17.8 Å². The Kier molecular flexibility index (Phi) is 6.91. The van der Waals surface area contributed by atoms with E-state index in [-0.39, 0.29) is 18.7 Å². The van der Waals surface area contributed by atoms with Gasteiger partial charge in [-0.2, -0.15) is 0 Å². The van der Waals surface area contributed by atoms with Crippen LogP contribution < -0.4 is 15.7 Å². The lowest BCUT2D eigenvalue weighted by Gasteiger charge is -2.24. The molecule has 0 bridgehead atoms. The molecule has 0 fully saturated rings. The molecular formula is C20H21N2O4-. The first-order valence-electron chi connectivity index (χ1n) is 8.32. The van der Waals surface area contributed by atoms with E-state index < -0.39 is 24.0 Å². The Balaban J connectivity index is 2.09. The van der Waals surface area contributed by atoms with E-state index in [9.17, 15) is 19.5 Å². The second-order valence-corrected chi connectivity index (χ2v) is 6.01. The Labute approximate surface area is 152 Å². The zero-order valence-electron chi connectivity index (χ0n) is 14.5. The minimum Gasteiger partial charge on any atom is -0.548 e. The highest BCUT2D eigenvalue weighted by atomic mass is 16.4. The van der Waals surface area contributed by atoms with Gasteiger partial charge in [-0.05, 0) is 17.5 Å². The molecule has 136 valence electrons. The molecule has 0 aromatic heterocycles. The Hall–Kier alpha value is -3.15. The number of benzene rings is 2. The van der Waals surface area contributed by atoms with Crippen molar-refractivity contribution in [2.24, 2.45) is 0 Å². The normalized spacial score (nSPS) is 12.7. The van der Waals surface area contributed by atoms with Crippen LogP contribution in [0.1, 0.15) is 18.1 Å². The van der Waals surface area contributed by atoms with E-state index in [2.05, 4.69) is 10.6 Å². The summed E-state index contributed by atoms with van der Waals surface area (Å²) in [6.07, 6.45) is 0.365. The van der Waals surface area contributed by atoms with Crippen molar-refractivity contribution in [1.82, 2.24) is 10.6 Å². The molecule has 2 amide bonds. The summed E-state index contributed by atoms with van der Waals surface area (Å²) in [5, 5.41) is 16.5. The minimum absolute atomic E-state index is 0.104. The molecule has 0 spiro atoms. The number of rotatable bonds is 8. The van der Waals surface area contributed by atoms with Crippen LogP contribution >= 0.6 is 0 Å². The molecule has 0 saturated carbocycles. The van der Waals surface area contributed by atoms with Gasteiger partial charge in [0.25, 0.3) is 0 Å². The zero-order chi connectivity index (χ0) is 18.9. The smallest absolute Gasteiger partial charge is 0.243 e. The number of carbonyl (C=O) groups is 3. The summed E-state index contributed by atoms with van der Waals surface area (Å²) in [5.41, 5.74) is 1.62. The standard InChI is InChI=1S/C20H22N2O4/c1-14(23)21-17(12-15-8-4-2-5-9-15)19(24)22-18(20(25)26)13-16-10-6-3-7-11-16/h2-11,17-18H,12-13H2,1H3,(H,21,23)(H,22,24)(H,25,26)/p-1/t17-,18+/m0/s1. The highest BCUT2D eigenvalue weighted by molar-refractivity contribution is 5.89. The highest BCUT2D eigenvalue weighted by Gasteiger charge is 2.23. The van der Waals surface area contributed by atoms with Gasteiger partial charge in [-0.3, -0.25) is 9.59 Å². The Bertz CT molecular complexity index is 747. The van der Waals surface area contributed by atoms with Crippen molar-refractivity contribution in [3.05, 3.63) is 71.8 Å². The van der Waals surface area contributed by atoms with Crippen molar-refractivity contribution in [1.29, 1.82) is 0 Å². The average Bonchev–Trinajstić information content (AvgIpc) is 2.62. The largest absolute Gasteiger partial charge is 0.548 e. The number of carboxylic acid groups (broad SMARTS) is 1. The molecular weight excluding hydrogens is 332 g/mol. The number of hydrogen-bond donors (Lipinski definition) is 2. The van der Waals surface area contributed by atoms with Gasteiger partial charge in [0.2, 0.25) is 11.8 Å². The summed E-state index contributed by atoms with van der Waals surface area (Å²) in [7, 11) is 0. The quantitative estimate of drug-likeness (QED) is 0.709. The van der Waals surface area contributed by atoms with Crippen LogP contribution in [-0.4, -0.2) is 29.9 Å². The molecule has 2 atom stereocenters. The van der Waals surface area contributed by atoms with Crippen LogP contribution in [0.4, 0.5) is 0 Å². The Morgan fingerprint density at radius 3 is 1.69 bits per heavy atom. The number of nitrogens with one attached hydrogen (secondary N) is 2. The number of carboxylic acids is 1. The maximum absolute atomic E-state index is 12.6. The summed E-state index contributed by atoms with van der Waals surface area (Å²) in [6.45, 7) is 1.31. The lowest BCUT2D eigenvalue weighted by Crippen LogP contribution is -2.55. The fourth-order valence-corrected chi connectivity index (χ4v) is 2.62. The van der Waals surface area contributed by atoms with E-state index in [1.807, 2.05) is 36.4 Å². The summed E-state index contributed by atoms with van der Waals surface area (Å²) in [4.78, 5) is 35.4. The first kappa shape index (κ1) is 19.2. The van der Waals surface area contributed by atoms with E-state index in [4.69, 9.17) is 0 Å². The van der Waals surface area contributed by atoms with Gasteiger partial charge in [-0.15, -0.1) is 0 Å². The third-order valence-electron chi connectivity index (χ3n) is 3.86. The van der Waals surface area contributed by atoms with Gasteiger partial charge >= 0.3 is 0 Å². The van der Waals surface area contributed by atoms with E-state index >= 15 is 0 Å². The summed E-state index contributed by atoms with van der Waals surface area (Å²) >= 11 is 0. The maximum Gasteiger partial charge on any atom is 0.243 e. The van der Waals surface area contributed by atoms with Crippen LogP contribution in [-0.2, 0) is 27.2 Å². The molecule has 2 aromatic carbocycles. The van der Waals surface area contributed by atoms with Gasteiger partial charge < -0.3 is 20.5 Å². The predicted octanol–water partition coefficient (Wildman–Crippen LogP) is 0.211. The Morgan fingerprint density at radius 1 is 0.808 bits per heavy atom. The van der Waals surface area contributed by atoms with Crippen molar-refractivity contribution in [2.45, 2.75) is 31.8 Å². The molecule has 26 heavy (non-hydrogen) atoms. The van der Waals surface area contributed by atoms with E-state index in [0.717, 1.165) is 11.1 Å². The van der Waals surface area contributed by atoms with Crippen molar-refractivity contribution in [2.75, 3.05) is 0 Å². The van der Waals surface area contributed by atoms with Crippen LogP contribution in [0.5, 0.6) is 0 Å². The third kappa shape index (κ3) is 6.05. The summed E-state index contributed by atoms with van der Waals surface area (Å²) in [5.74, 6) is -2.30. The van der Waals surface area contributed by atoms with E-state index in [0.29, 0.717) is 0 Å². The molecule has 6 nitrogen and oxygen atoms in total. The van der Waals surface area contributed by atoms with E-state index in [1.54, 1.807) is 24.3 Å². The monoisotopic (exact) mass is 353 g/mol. The topological polar surface area (TPSA) is 98.3 Å². The fraction of sp³-hybridized carbons (Fsp3) is 0.250. The molecule has 6 heteroatoms. The molecule has 0 aliphatic rings. The molecule has 2 rings (SSSR count). The lowest BCUT2D eigenvalue weighted by molar-refractivity contribution is -0.308. The van der Waals surface area contributed by atoms with Gasteiger partial charge in [0, 0.05) is 13.3 Å². The van der Waals surface area contributed by atoms with E-state index in [1.165, 1.54) is 6.92 Å². The summed E-state index contributed by atoms with van der Waals surface area (Å²) < 4.78 is 0. The lowest BCUT2D eigenvalue weighted by atomic mass is 10.0. The second-order valence-electron chi connectivity index (χ2n) is 6.01. The fourth-order valence-electron chi connectivity index (χ4n) is 2.62. The SMILES string of the molecule is CC(=O)N[C@@H](Cc1ccccc1)C(=O)N[C@H](Cc1ccccc1)C(=O)[O-]. The average molecular weight is 353 g/mol. The van der Waals surface area contributed by atoms with Gasteiger partial charge in [-0.1, -0.05) is 60.7 Å². The number of hydrogen-bond acceptors (Lipinski definition) is 4. The van der Waals surface area contributed by atoms with Crippen LogP contribution in [0.15, 0.2) is 60.7 Å². The maximum atomic E-state index is 12.6. The van der Waals surface area contributed by atoms with Crippen molar-refractivity contribution in [3.8, 4) is 0 Å². The zero-order valence-corrected chi connectivity index (χ0v) is 14.5. The van der Waals surface area contributed by atoms with Crippen LogP contribution in [0.3, 0.4) is 0 Å². The predicted molar refractivity (Wildman–Crippen MR) is 94.8 cm³/mol.